The molecule has 148 valence electrons. The second-order valence-corrected chi connectivity index (χ2v) is 6.99. The van der Waals surface area contributed by atoms with Crippen LogP contribution in [0.1, 0.15) is 44.6 Å². The van der Waals surface area contributed by atoms with Crippen LogP contribution < -0.4 is 10.6 Å². The zero-order valence-corrected chi connectivity index (χ0v) is 15.8. The lowest BCUT2D eigenvalue weighted by atomic mass is 9.83. The van der Waals surface area contributed by atoms with Gasteiger partial charge in [-0.1, -0.05) is 31.4 Å². The average Bonchev–Trinajstić information content (AvgIpc) is 2.66. The van der Waals surface area contributed by atoms with Crippen LogP contribution in [0.4, 0.5) is 4.39 Å². The van der Waals surface area contributed by atoms with Gasteiger partial charge >= 0.3 is 5.97 Å². The van der Waals surface area contributed by atoms with E-state index < -0.39 is 24.0 Å². The third-order valence-electron chi connectivity index (χ3n) is 4.92. The molecule has 0 unspecified atom stereocenters. The molecule has 2 atom stereocenters. The molecule has 7 heteroatoms. The fraction of sp³-hybridized carbons (Fsp3) is 0.550. The Morgan fingerprint density at radius 1 is 1.11 bits per heavy atom. The summed E-state index contributed by atoms with van der Waals surface area (Å²) < 4.78 is 18.0. The van der Waals surface area contributed by atoms with Gasteiger partial charge in [0.1, 0.15) is 17.9 Å². The molecule has 1 aliphatic rings. The minimum atomic E-state index is -0.858. The molecule has 0 bridgehead atoms. The number of benzene rings is 1. The first kappa shape index (κ1) is 20.9. The van der Waals surface area contributed by atoms with Crippen molar-refractivity contribution in [3.8, 4) is 0 Å². The largest absolute Gasteiger partial charge is 0.467 e. The monoisotopic (exact) mass is 378 g/mol. The van der Waals surface area contributed by atoms with Crippen LogP contribution >= 0.6 is 0 Å². The maximum atomic E-state index is 13.1. The molecule has 0 saturated heterocycles. The van der Waals surface area contributed by atoms with Gasteiger partial charge in [0.25, 0.3) is 0 Å². The van der Waals surface area contributed by atoms with Crippen molar-refractivity contribution in [1.82, 2.24) is 10.6 Å². The topological polar surface area (TPSA) is 84.5 Å². The summed E-state index contributed by atoms with van der Waals surface area (Å²) in [5.74, 6) is -1.63. The number of amides is 2. The van der Waals surface area contributed by atoms with E-state index in [9.17, 15) is 18.8 Å². The maximum absolute atomic E-state index is 13.1. The summed E-state index contributed by atoms with van der Waals surface area (Å²) in [6.45, 7) is 1.32. The molecule has 1 aromatic carbocycles. The number of rotatable bonds is 7. The van der Waals surface area contributed by atoms with E-state index in [-0.39, 0.29) is 24.1 Å². The SMILES string of the molecule is COC(=O)[C@H](NC(=O)[C@@H](Cc1ccc(F)cc1)NC(C)=O)C1CCCCC1. The molecule has 2 N–H and O–H groups in total. The highest BCUT2D eigenvalue weighted by Gasteiger charge is 2.33. The van der Waals surface area contributed by atoms with Crippen molar-refractivity contribution < 1.29 is 23.5 Å². The van der Waals surface area contributed by atoms with Gasteiger partial charge in [-0.3, -0.25) is 9.59 Å². The predicted molar refractivity (Wildman–Crippen MR) is 98.2 cm³/mol. The van der Waals surface area contributed by atoms with E-state index in [0.29, 0.717) is 5.56 Å². The Balaban J connectivity index is 2.12. The molecule has 27 heavy (non-hydrogen) atoms. The van der Waals surface area contributed by atoms with Crippen LogP contribution in [0.25, 0.3) is 0 Å². The summed E-state index contributed by atoms with van der Waals surface area (Å²) in [6, 6.07) is 4.15. The van der Waals surface area contributed by atoms with E-state index in [1.165, 1.54) is 26.2 Å². The smallest absolute Gasteiger partial charge is 0.328 e. The molecule has 2 rings (SSSR count). The molecular weight excluding hydrogens is 351 g/mol. The number of methoxy groups -OCH3 is 1. The van der Waals surface area contributed by atoms with E-state index >= 15 is 0 Å². The third-order valence-corrected chi connectivity index (χ3v) is 4.92. The van der Waals surface area contributed by atoms with Gasteiger partial charge in [0.15, 0.2) is 0 Å². The Labute approximate surface area is 158 Å². The van der Waals surface area contributed by atoms with Crippen molar-refractivity contribution >= 4 is 17.8 Å². The Kier molecular flexibility index (Phi) is 7.76. The summed E-state index contributed by atoms with van der Waals surface area (Å²) in [6.07, 6.45) is 5.05. The van der Waals surface area contributed by atoms with Gasteiger partial charge in [0, 0.05) is 13.3 Å². The van der Waals surface area contributed by atoms with Crippen LogP contribution in [0.2, 0.25) is 0 Å². The van der Waals surface area contributed by atoms with E-state index in [1.54, 1.807) is 12.1 Å². The Hall–Kier alpha value is -2.44. The standard InChI is InChI=1S/C20H27FN2O4/c1-13(24)22-17(12-14-8-10-16(21)11-9-14)19(25)23-18(20(26)27-2)15-6-4-3-5-7-15/h8-11,15,17-18H,3-7,12H2,1-2H3,(H,22,24)(H,23,25)/t17-,18-/m1/s1. The van der Waals surface area contributed by atoms with Crippen LogP contribution in [-0.4, -0.2) is 37.0 Å². The molecular formula is C20H27FN2O4. The molecule has 1 fully saturated rings. The maximum Gasteiger partial charge on any atom is 0.328 e. The first-order valence-corrected chi connectivity index (χ1v) is 9.30. The fourth-order valence-electron chi connectivity index (χ4n) is 3.53. The first-order chi connectivity index (χ1) is 12.9. The van der Waals surface area contributed by atoms with Gasteiger partial charge in [-0.05, 0) is 36.5 Å². The van der Waals surface area contributed by atoms with Gasteiger partial charge in [-0.15, -0.1) is 0 Å². The van der Waals surface area contributed by atoms with Crippen molar-refractivity contribution in [3.05, 3.63) is 35.6 Å². The molecule has 6 nitrogen and oxygen atoms in total. The van der Waals surface area contributed by atoms with E-state index in [2.05, 4.69) is 10.6 Å². The molecule has 0 aliphatic heterocycles. The van der Waals surface area contributed by atoms with Crippen LogP contribution in [0.3, 0.4) is 0 Å². The van der Waals surface area contributed by atoms with Crippen molar-refractivity contribution in [2.24, 2.45) is 5.92 Å². The van der Waals surface area contributed by atoms with Gasteiger partial charge in [-0.2, -0.15) is 0 Å². The molecule has 0 radical (unpaired) electrons. The lowest BCUT2D eigenvalue weighted by Crippen LogP contribution is -2.54. The summed E-state index contributed by atoms with van der Waals surface area (Å²) in [4.78, 5) is 36.6. The zero-order chi connectivity index (χ0) is 19.8. The summed E-state index contributed by atoms with van der Waals surface area (Å²) in [5, 5.41) is 5.38. The Bertz CT molecular complexity index is 656. The molecule has 0 aromatic heterocycles. The van der Waals surface area contributed by atoms with E-state index in [1.807, 2.05) is 0 Å². The highest BCUT2D eigenvalue weighted by Crippen LogP contribution is 2.27. The number of hydrogen-bond acceptors (Lipinski definition) is 4. The van der Waals surface area contributed by atoms with E-state index in [0.717, 1.165) is 32.1 Å². The Morgan fingerprint density at radius 3 is 2.30 bits per heavy atom. The molecule has 0 spiro atoms. The number of carbonyl (C=O) groups excluding carboxylic acids is 3. The minimum Gasteiger partial charge on any atom is -0.467 e. The number of esters is 1. The fourth-order valence-corrected chi connectivity index (χ4v) is 3.53. The third kappa shape index (κ3) is 6.34. The summed E-state index contributed by atoms with van der Waals surface area (Å²) in [5.41, 5.74) is 0.706. The molecule has 0 heterocycles. The lowest BCUT2D eigenvalue weighted by Gasteiger charge is -2.30. The predicted octanol–water partition coefficient (Wildman–Crippen LogP) is 2.11. The van der Waals surface area contributed by atoms with Crippen molar-refractivity contribution in [2.75, 3.05) is 7.11 Å². The number of ether oxygens (including phenoxy) is 1. The van der Waals surface area contributed by atoms with Crippen LogP contribution in [0.5, 0.6) is 0 Å². The number of halogens is 1. The second-order valence-electron chi connectivity index (χ2n) is 6.99. The van der Waals surface area contributed by atoms with Gasteiger partial charge in [0.2, 0.25) is 11.8 Å². The lowest BCUT2D eigenvalue weighted by molar-refractivity contribution is -0.147. The van der Waals surface area contributed by atoms with Crippen LogP contribution in [0.15, 0.2) is 24.3 Å². The van der Waals surface area contributed by atoms with Gasteiger partial charge in [0.05, 0.1) is 7.11 Å². The van der Waals surface area contributed by atoms with Crippen molar-refractivity contribution in [2.45, 2.75) is 57.5 Å². The van der Waals surface area contributed by atoms with Gasteiger partial charge < -0.3 is 15.4 Å². The number of hydrogen-bond donors (Lipinski definition) is 2. The normalized spacial score (nSPS) is 16.9. The van der Waals surface area contributed by atoms with Crippen molar-refractivity contribution in [1.29, 1.82) is 0 Å². The van der Waals surface area contributed by atoms with Crippen LogP contribution in [0, 0.1) is 11.7 Å². The average molecular weight is 378 g/mol. The van der Waals surface area contributed by atoms with Gasteiger partial charge in [-0.25, -0.2) is 9.18 Å². The first-order valence-electron chi connectivity index (χ1n) is 9.30. The number of nitrogens with one attached hydrogen (secondary N) is 2. The zero-order valence-electron chi connectivity index (χ0n) is 15.8. The Morgan fingerprint density at radius 2 is 1.74 bits per heavy atom. The quantitative estimate of drug-likeness (QED) is 0.712. The van der Waals surface area contributed by atoms with Crippen molar-refractivity contribution in [3.63, 3.8) is 0 Å². The summed E-state index contributed by atoms with van der Waals surface area (Å²) in [7, 11) is 1.30. The highest BCUT2D eigenvalue weighted by atomic mass is 19.1. The van der Waals surface area contributed by atoms with E-state index in [4.69, 9.17) is 4.74 Å². The molecule has 2 amide bonds. The molecule has 1 aromatic rings. The molecule has 1 saturated carbocycles. The number of carbonyl (C=O) groups is 3. The van der Waals surface area contributed by atoms with Crippen LogP contribution in [-0.2, 0) is 25.5 Å². The highest BCUT2D eigenvalue weighted by molar-refractivity contribution is 5.90. The second kappa shape index (κ2) is 10.0. The molecule has 1 aliphatic carbocycles. The minimum absolute atomic E-state index is 0.0268. The summed E-state index contributed by atoms with van der Waals surface area (Å²) >= 11 is 0.